The first-order valence-electron chi connectivity index (χ1n) is 5.22. The van der Waals surface area contributed by atoms with E-state index in [2.05, 4.69) is 0 Å². The van der Waals surface area contributed by atoms with Crippen LogP contribution in [0, 0.1) is 5.82 Å². The highest BCUT2D eigenvalue weighted by molar-refractivity contribution is 7.90. The second-order valence-electron chi connectivity index (χ2n) is 3.96. The number of benzene rings is 1. The van der Waals surface area contributed by atoms with Crippen molar-refractivity contribution in [2.45, 2.75) is 4.90 Å². The molecule has 0 saturated heterocycles. The lowest BCUT2D eigenvalue weighted by Crippen LogP contribution is -2.35. The Hall–Kier alpha value is -1.93. The van der Waals surface area contributed by atoms with E-state index in [0.717, 1.165) is 6.26 Å². The summed E-state index contributed by atoms with van der Waals surface area (Å²) in [4.78, 5) is 25.3. The summed E-state index contributed by atoms with van der Waals surface area (Å²) in [5, 5.41) is -0.677. The van der Waals surface area contributed by atoms with E-state index in [1.54, 1.807) is 0 Å². The Bertz CT molecular complexity index is 884. The van der Waals surface area contributed by atoms with E-state index in [1.165, 1.54) is 24.3 Å². The molecule has 0 atom stereocenters. The summed E-state index contributed by atoms with van der Waals surface area (Å²) < 4.78 is 36.5. The van der Waals surface area contributed by atoms with Crippen LogP contribution in [0.2, 0.25) is 5.15 Å². The van der Waals surface area contributed by atoms with Gasteiger partial charge >= 0.3 is 5.69 Å². The number of aromatic nitrogens is 2. The molecule has 0 bridgehead atoms. The monoisotopic (exact) mass is 318 g/mol. The maximum Gasteiger partial charge on any atom is 0.334 e. The molecule has 0 fully saturated rings. The van der Waals surface area contributed by atoms with Gasteiger partial charge in [0, 0.05) is 6.26 Å². The van der Waals surface area contributed by atoms with Gasteiger partial charge in [-0.1, -0.05) is 11.6 Å². The summed E-state index contributed by atoms with van der Waals surface area (Å²) in [6, 6.07) is 4.87. The third kappa shape index (κ3) is 2.52. The molecule has 0 unspecified atom stereocenters. The number of hydrogen-bond donors (Lipinski definition) is 1. The minimum atomic E-state index is -3.41. The fraction of sp³-hybridized carbons (Fsp3) is 0.0909. The van der Waals surface area contributed by atoms with Gasteiger partial charge in [0.15, 0.2) is 15.0 Å². The molecule has 0 amide bonds. The summed E-state index contributed by atoms with van der Waals surface area (Å²) in [7, 11) is -3.41. The predicted molar refractivity (Wildman–Crippen MR) is 70.7 cm³/mol. The van der Waals surface area contributed by atoms with Gasteiger partial charge in [-0.25, -0.2) is 17.8 Å². The van der Waals surface area contributed by atoms with Crippen LogP contribution in [-0.2, 0) is 9.84 Å². The van der Waals surface area contributed by atoms with E-state index in [0.29, 0.717) is 4.57 Å². The van der Waals surface area contributed by atoms with Crippen molar-refractivity contribution in [1.29, 1.82) is 0 Å². The van der Waals surface area contributed by atoms with Crippen LogP contribution in [0.15, 0.2) is 38.8 Å². The summed E-state index contributed by atoms with van der Waals surface area (Å²) in [6.45, 7) is 0. The second kappa shape index (κ2) is 4.88. The van der Waals surface area contributed by atoms with Crippen LogP contribution < -0.4 is 11.2 Å². The smallest absolute Gasteiger partial charge is 0.295 e. The molecule has 2 rings (SSSR count). The van der Waals surface area contributed by atoms with E-state index in [4.69, 9.17) is 11.6 Å². The zero-order valence-corrected chi connectivity index (χ0v) is 11.6. The summed E-state index contributed by atoms with van der Waals surface area (Å²) in [6.07, 6.45) is 1.02. The van der Waals surface area contributed by atoms with Gasteiger partial charge < -0.3 is 0 Å². The molecule has 2 aromatic rings. The molecule has 1 N–H and O–H groups in total. The molecular weight excluding hydrogens is 311 g/mol. The van der Waals surface area contributed by atoms with Crippen molar-refractivity contribution in [1.82, 2.24) is 9.55 Å². The Labute approximate surface area is 117 Å². The van der Waals surface area contributed by atoms with Crippen molar-refractivity contribution in [2.24, 2.45) is 0 Å². The van der Waals surface area contributed by atoms with Gasteiger partial charge in [0.2, 0.25) is 5.82 Å². The van der Waals surface area contributed by atoms with Gasteiger partial charge in [-0.3, -0.25) is 9.78 Å². The lowest BCUT2D eigenvalue weighted by atomic mass is 10.3. The molecular formula is C11H8ClFN2O4S. The van der Waals surface area contributed by atoms with Crippen LogP contribution in [0.1, 0.15) is 0 Å². The van der Waals surface area contributed by atoms with E-state index < -0.39 is 32.1 Å². The fourth-order valence-electron chi connectivity index (χ4n) is 1.57. The second-order valence-corrected chi connectivity index (χ2v) is 6.36. The molecule has 0 saturated carbocycles. The number of nitrogens with one attached hydrogen (secondary N) is 1. The Kier molecular flexibility index (Phi) is 3.53. The van der Waals surface area contributed by atoms with Gasteiger partial charge in [-0.05, 0) is 24.3 Å². The minimum absolute atomic E-state index is 0.0140. The quantitative estimate of drug-likeness (QED) is 0.826. The third-order valence-electron chi connectivity index (χ3n) is 2.53. The van der Waals surface area contributed by atoms with Crippen LogP contribution in [0.25, 0.3) is 5.69 Å². The van der Waals surface area contributed by atoms with Gasteiger partial charge in [0.05, 0.1) is 10.6 Å². The molecule has 0 spiro atoms. The summed E-state index contributed by atoms with van der Waals surface area (Å²) in [5.74, 6) is -1.29. The Morgan fingerprint density at radius 3 is 2.25 bits per heavy atom. The van der Waals surface area contributed by atoms with Crippen molar-refractivity contribution < 1.29 is 12.8 Å². The first-order valence-corrected chi connectivity index (χ1v) is 7.49. The zero-order valence-electron chi connectivity index (χ0n) is 10.1. The molecule has 106 valence electrons. The molecule has 0 aliphatic carbocycles. The van der Waals surface area contributed by atoms with Gasteiger partial charge in [0.1, 0.15) is 0 Å². The molecule has 20 heavy (non-hydrogen) atoms. The maximum absolute atomic E-state index is 13.4. The third-order valence-corrected chi connectivity index (χ3v) is 3.92. The number of H-pyrrole nitrogens is 1. The molecule has 1 heterocycles. The molecule has 0 radical (unpaired) electrons. The Morgan fingerprint density at radius 2 is 1.75 bits per heavy atom. The molecule has 0 aliphatic heterocycles. The standard InChI is InChI=1S/C11H8ClFN2O4S/c1-20(18,19)7-4-2-6(3-5-7)15-10(16)8(13)9(12)14-11(15)17/h2-5H,1H3,(H,14,17). The number of rotatable bonds is 2. The Balaban J connectivity index is 2.68. The van der Waals surface area contributed by atoms with Gasteiger partial charge in [-0.2, -0.15) is 4.39 Å². The number of halogens is 2. The first-order chi connectivity index (χ1) is 9.21. The fourth-order valence-corrected chi connectivity index (χ4v) is 2.36. The van der Waals surface area contributed by atoms with Crippen LogP contribution in [-0.4, -0.2) is 24.2 Å². The highest BCUT2D eigenvalue weighted by Crippen LogP contribution is 2.12. The zero-order chi connectivity index (χ0) is 15.1. The highest BCUT2D eigenvalue weighted by atomic mass is 35.5. The first kappa shape index (κ1) is 14.5. The molecule has 1 aromatic heterocycles. The molecule has 9 heteroatoms. The number of nitrogens with zero attached hydrogens (tertiary/aromatic N) is 1. The molecule has 0 aliphatic rings. The number of sulfone groups is 1. The molecule has 6 nitrogen and oxygen atoms in total. The lowest BCUT2D eigenvalue weighted by molar-refractivity contribution is 0.584. The average Bonchev–Trinajstić information content (AvgIpc) is 2.36. The van der Waals surface area contributed by atoms with Crippen molar-refractivity contribution in [3.8, 4) is 5.69 Å². The van der Waals surface area contributed by atoms with Crippen molar-refractivity contribution >= 4 is 21.4 Å². The van der Waals surface area contributed by atoms with Gasteiger partial charge in [0.25, 0.3) is 5.56 Å². The average molecular weight is 319 g/mol. The van der Waals surface area contributed by atoms with E-state index >= 15 is 0 Å². The van der Waals surface area contributed by atoms with Crippen LogP contribution in [0.3, 0.4) is 0 Å². The lowest BCUT2D eigenvalue weighted by Gasteiger charge is -2.06. The van der Waals surface area contributed by atoms with Crippen molar-refractivity contribution in [3.05, 3.63) is 56.1 Å². The normalized spacial score (nSPS) is 11.6. The maximum atomic E-state index is 13.4. The van der Waals surface area contributed by atoms with Crippen molar-refractivity contribution in [3.63, 3.8) is 0 Å². The highest BCUT2D eigenvalue weighted by Gasteiger charge is 2.14. The SMILES string of the molecule is CS(=O)(=O)c1ccc(-n2c(=O)[nH]c(Cl)c(F)c2=O)cc1. The largest absolute Gasteiger partial charge is 0.334 e. The summed E-state index contributed by atoms with van der Waals surface area (Å²) in [5.41, 5.74) is -2.11. The van der Waals surface area contributed by atoms with Crippen molar-refractivity contribution in [2.75, 3.05) is 6.26 Å². The van der Waals surface area contributed by atoms with E-state index in [1.807, 2.05) is 4.98 Å². The summed E-state index contributed by atoms with van der Waals surface area (Å²) >= 11 is 5.34. The predicted octanol–water partition coefficient (Wildman–Crippen LogP) is 0.722. The topological polar surface area (TPSA) is 89.0 Å². The minimum Gasteiger partial charge on any atom is -0.295 e. The number of hydrogen-bond acceptors (Lipinski definition) is 4. The van der Waals surface area contributed by atoms with E-state index in [-0.39, 0.29) is 10.6 Å². The van der Waals surface area contributed by atoms with E-state index in [9.17, 15) is 22.4 Å². The van der Waals surface area contributed by atoms with Crippen LogP contribution in [0.4, 0.5) is 4.39 Å². The van der Waals surface area contributed by atoms with Gasteiger partial charge in [-0.15, -0.1) is 0 Å². The van der Waals surface area contributed by atoms with Crippen LogP contribution in [0.5, 0.6) is 0 Å². The Morgan fingerprint density at radius 1 is 1.20 bits per heavy atom. The molecule has 1 aromatic carbocycles. The van der Waals surface area contributed by atoms with Crippen LogP contribution >= 0.6 is 11.6 Å². The number of aromatic amines is 1.